The number of imidazole rings is 1. The van der Waals surface area contributed by atoms with Crippen LogP contribution in [-0.4, -0.2) is 45.6 Å². The van der Waals surface area contributed by atoms with Crippen LogP contribution in [0.2, 0.25) is 0 Å². The molecule has 0 saturated carbocycles. The molecule has 11 heteroatoms. The predicted molar refractivity (Wildman–Crippen MR) is 142 cm³/mol. The molecule has 0 unspecified atom stereocenters. The van der Waals surface area contributed by atoms with Gasteiger partial charge in [0.25, 0.3) is 0 Å². The summed E-state index contributed by atoms with van der Waals surface area (Å²) in [5, 5.41) is 6.87. The van der Waals surface area contributed by atoms with Gasteiger partial charge in [-0.05, 0) is 67.7 Å². The van der Waals surface area contributed by atoms with Gasteiger partial charge in [-0.15, -0.1) is 0 Å². The van der Waals surface area contributed by atoms with Crippen LogP contribution in [0.25, 0.3) is 22.5 Å². The number of hydrogen-bond acceptors (Lipinski definition) is 7. The van der Waals surface area contributed by atoms with E-state index in [2.05, 4.69) is 20.6 Å². The van der Waals surface area contributed by atoms with E-state index in [9.17, 15) is 4.39 Å². The van der Waals surface area contributed by atoms with Gasteiger partial charge in [0.2, 0.25) is 13.1 Å². The van der Waals surface area contributed by atoms with Gasteiger partial charge in [-0.25, -0.2) is 9.37 Å². The van der Waals surface area contributed by atoms with Gasteiger partial charge in [0, 0.05) is 35.3 Å². The molecule has 0 bridgehead atoms. The number of nitrogens with one attached hydrogen (secondary N) is 3. The number of benzene rings is 2. The molecule has 0 radical (unpaired) electrons. The second kappa shape index (κ2) is 10.0. The number of H-pyrrole nitrogens is 1. The molecule has 0 aliphatic carbocycles. The molecule has 2 aliphatic rings. The van der Waals surface area contributed by atoms with E-state index in [1.54, 1.807) is 24.5 Å². The molecule has 4 heterocycles. The Kier molecular flexibility index (Phi) is 6.40. The molecule has 1 fully saturated rings. The molecule has 0 atom stereocenters. The van der Waals surface area contributed by atoms with Crippen molar-refractivity contribution in [2.45, 2.75) is 18.8 Å². The van der Waals surface area contributed by atoms with Crippen LogP contribution in [0.3, 0.4) is 0 Å². The van der Waals surface area contributed by atoms with Crippen LogP contribution in [0.15, 0.2) is 67.0 Å². The highest BCUT2D eigenvalue weighted by atomic mass is 32.1. The van der Waals surface area contributed by atoms with Gasteiger partial charge < -0.3 is 34.6 Å². The first-order valence-corrected chi connectivity index (χ1v) is 12.3. The number of rotatable bonds is 5. The van der Waals surface area contributed by atoms with Crippen molar-refractivity contribution in [3.8, 4) is 34.0 Å². The zero-order valence-corrected chi connectivity index (χ0v) is 21.2. The van der Waals surface area contributed by atoms with Crippen molar-refractivity contribution in [2.75, 3.05) is 25.3 Å². The van der Waals surface area contributed by atoms with Crippen molar-refractivity contribution in [2.24, 2.45) is 0 Å². The topological polar surface area (TPSA) is 103 Å². The largest absolute Gasteiger partial charge is 0.454 e. The molecule has 6 rings (SSSR count). The Bertz CT molecular complexity index is 1460. The Morgan fingerprint density at radius 3 is 2.50 bits per heavy atom. The summed E-state index contributed by atoms with van der Waals surface area (Å²) in [7, 11) is 0. The summed E-state index contributed by atoms with van der Waals surface area (Å²) in [6, 6.07) is 15.5. The monoisotopic (exact) mass is 533 g/mol. The van der Waals surface area contributed by atoms with Gasteiger partial charge in [-0.2, -0.15) is 0 Å². The van der Waals surface area contributed by atoms with Crippen LogP contribution in [0.5, 0.6) is 11.5 Å². The summed E-state index contributed by atoms with van der Waals surface area (Å²) >= 11 is 5.52. The number of aromatic amines is 1. The first-order chi connectivity index (χ1) is 18.5. The van der Waals surface area contributed by atoms with Crippen LogP contribution in [0, 0.1) is 5.82 Å². The number of hydrogen-bond donors (Lipinski definition) is 3. The van der Waals surface area contributed by atoms with Crippen LogP contribution in [0.1, 0.15) is 19.0 Å². The van der Waals surface area contributed by atoms with Gasteiger partial charge in [0.15, 0.2) is 22.4 Å². The van der Waals surface area contributed by atoms with E-state index < -0.39 is 11.8 Å². The highest BCUT2D eigenvalue weighted by molar-refractivity contribution is 7.80. The van der Waals surface area contributed by atoms with Gasteiger partial charge in [-0.3, -0.25) is 4.98 Å². The second-order valence-corrected chi connectivity index (χ2v) is 9.66. The Balaban J connectivity index is 1.15. The lowest BCUT2D eigenvalue weighted by Crippen LogP contribution is -2.56. The maximum absolute atomic E-state index is 13.6. The minimum atomic E-state index is -0.713. The van der Waals surface area contributed by atoms with Gasteiger partial charge >= 0.3 is 0 Å². The first kappa shape index (κ1) is 24.3. The maximum Gasteiger partial charge on any atom is 0.231 e. The average molecular weight is 534 g/mol. The third-order valence-electron chi connectivity index (χ3n) is 6.18. The molecule has 1 saturated heterocycles. The van der Waals surface area contributed by atoms with E-state index in [-0.39, 0.29) is 12.6 Å². The minimum absolute atomic E-state index is 0.209. The number of aromatic nitrogens is 3. The highest BCUT2D eigenvalue weighted by Gasteiger charge is 2.36. The number of thiocarbonyl (C=S) groups is 1. The molecule has 4 aromatic rings. The average Bonchev–Trinajstić information content (AvgIpc) is 3.57. The van der Waals surface area contributed by atoms with E-state index >= 15 is 0 Å². The number of ether oxygens (including phenoxy) is 4. The Labute approximate surface area is 223 Å². The smallest absolute Gasteiger partial charge is 0.231 e. The van der Waals surface area contributed by atoms with Crippen LogP contribution < -0.4 is 20.1 Å². The molecule has 2 aromatic heterocycles. The fourth-order valence-electron chi connectivity index (χ4n) is 4.30. The Morgan fingerprint density at radius 1 is 1.00 bits per heavy atom. The van der Waals surface area contributed by atoms with E-state index in [1.165, 1.54) is 12.1 Å². The van der Waals surface area contributed by atoms with Crippen LogP contribution in [0.4, 0.5) is 10.1 Å². The van der Waals surface area contributed by atoms with E-state index in [0.717, 1.165) is 22.5 Å². The SMILES string of the molecule is CC1(NC(=S)Nc2ccc3c(c2)OCO3)COC(c2nc(-c3ccc(F)cc3)c(-c3ccncc3)[nH]2)OC1. The first-order valence-electron chi connectivity index (χ1n) is 11.9. The zero-order chi connectivity index (χ0) is 26.1. The normalized spacial score (nSPS) is 20.2. The maximum atomic E-state index is 13.6. The highest BCUT2D eigenvalue weighted by Crippen LogP contribution is 2.35. The fraction of sp³-hybridized carbons (Fsp3) is 0.222. The summed E-state index contributed by atoms with van der Waals surface area (Å²) in [6.45, 7) is 2.81. The molecule has 0 amide bonds. The lowest BCUT2D eigenvalue weighted by Gasteiger charge is -2.38. The number of anilines is 1. The molecule has 38 heavy (non-hydrogen) atoms. The van der Waals surface area contributed by atoms with Gasteiger partial charge in [0.1, 0.15) is 5.82 Å². The standard InChI is InChI=1S/C27H24FN5O4S/c1-27(33-26(38)30-19-6-7-20-21(12-19)37-15-36-20)13-34-25(35-14-27)24-31-22(16-2-4-18(28)5-3-16)23(32-24)17-8-10-29-11-9-17/h2-12,25H,13-15H2,1H3,(H,31,32)(H2,30,33,38). The summed E-state index contributed by atoms with van der Waals surface area (Å²) in [5.74, 6) is 1.57. The Hall–Kier alpha value is -4.06. The molecular weight excluding hydrogens is 509 g/mol. The molecule has 194 valence electrons. The molecule has 9 nitrogen and oxygen atoms in total. The second-order valence-electron chi connectivity index (χ2n) is 9.25. The molecular formula is C27H24FN5O4S. The van der Waals surface area contributed by atoms with Crippen molar-refractivity contribution >= 4 is 23.0 Å². The van der Waals surface area contributed by atoms with Crippen molar-refractivity contribution < 1.29 is 23.3 Å². The van der Waals surface area contributed by atoms with Crippen LogP contribution in [-0.2, 0) is 9.47 Å². The third kappa shape index (κ3) is 5.03. The van der Waals surface area contributed by atoms with Crippen molar-refractivity contribution in [3.63, 3.8) is 0 Å². The number of halogens is 1. The van der Waals surface area contributed by atoms with Crippen molar-refractivity contribution in [3.05, 3.63) is 78.6 Å². The molecule has 0 spiro atoms. The number of pyridine rings is 1. The fourth-order valence-corrected chi connectivity index (χ4v) is 4.66. The quantitative estimate of drug-likeness (QED) is 0.312. The minimum Gasteiger partial charge on any atom is -0.454 e. The van der Waals surface area contributed by atoms with Crippen molar-refractivity contribution in [1.82, 2.24) is 20.3 Å². The number of fused-ring (bicyclic) bond motifs is 1. The summed E-state index contributed by atoms with van der Waals surface area (Å²) < 4.78 is 36.5. The molecule has 2 aromatic carbocycles. The van der Waals surface area contributed by atoms with Gasteiger partial charge in [-0.1, -0.05) is 0 Å². The Morgan fingerprint density at radius 2 is 1.74 bits per heavy atom. The summed E-state index contributed by atoms with van der Waals surface area (Å²) in [5.41, 5.74) is 3.29. The molecule has 2 aliphatic heterocycles. The number of nitrogens with zero attached hydrogens (tertiary/aromatic N) is 2. The van der Waals surface area contributed by atoms with Crippen molar-refractivity contribution in [1.29, 1.82) is 0 Å². The van der Waals surface area contributed by atoms with E-state index in [0.29, 0.717) is 41.3 Å². The zero-order valence-electron chi connectivity index (χ0n) is 20.4. The van der Waals surface area contributed by atoms with Gasteiger partial charge in [0.05, 0.1) is 30.1 Å². The van der Waals surface area contributed by atoms with E-state index in [4.69, 9.17) is 36.1 Å². The summed E-state index contributed by atoms with van der Waals surface area (Å²) in [4.78, 5) is 12.2. The third-order valence-corrected chi connectivity index (χ3v) is 6.39. The predicted octanol–water partition coefficient (Wildman–Crippen LogP) is 4.80. The van der Waals surface area contributed by atoms with E-state index in [1.807, 2.05) is 37.3 Å². The van der Waals surface area contributed by atoms with Crippen LogP contribution >= 0.6 is 12.2 Å². The molecule has 3 N–H and O–H groups in total. The summed E-state index contributed by atoms with van der Waals surface area (Å²) in [6.07, 6.45) is 2.69. The lowest BCUT2D eigenvalue weighted by molar-refractivity contribution is -0.215. The lowest BCUT2D eigenvalue weighted by atomic mass is 10.1.